The normalized spacial score (nSPS) is 12.7. The first-order valence-electron chi connectivity index (χ1n) is 5.02. The number of aryl methyl sites for hydroxylation is 1. The average Bonchev–Trinajstić information content (AvgIpc) is 2.77. The number of aromatic nitrogens is 3. The standard InChI is InChI=1S/C11H12FN3O/c1-2-15-7-8(5-14-15)11(16)9-3-4-13-6-10(9)12/h3-7,11,16H,2H2,1H3. The predicted molar refractivity (Wildman–Crippen MR) is 56.2 cm³/mol. The summed E-state index contributed by atoms with van der Waals surface area (Å²) >= 11 is 0. The van der Waals surface area contributed by atoms with Crippen LogP contribution in [0.3, 0.4) is 0 Å². The lowest BCUT2D eigenvalue weighted by atomic mass is 10.1. The Hall–Kier alpha value is -1.75. The van der Waals surface area contributed by atoms with Crippen molar-refractivity contribution < 1.29 is 9.50 Å². The molecule has 0 amide bonds. The van der Waals surface area contributed by atoms with Crippen LogP contribution in [0.2, 0.25) is 0 Å². The third-order valence-corrected chi connectivity index (χ3v) is 2.39. The summed E-state index contributed by atoms with van der Waals surface area (Å²) in [6.07, 6.45) is 4.77. The van der Waals surface area contributed by atoms with Gasteiger partial charge in [-0.25, -0.2) is 4.39 Å². The minimum absolute atomic E-state index is 0.214. The maximum absolute atomic E-state index is 13.4. The van der Waals surface area contributed by atoms with Crippen molar-refractivity contribution in [2.75, 3.05) is 0 Å². The molecule has 2 heterocycles. The molecule has 2 aromatic rings. The molecule has 0 bridgehead atoms. The highest BCUT2D eigenvalue weighted by Gasteiger charge is 2.16. The Labute approximate surface area is 92.4 Å². The molecule has 0 aromatic carbocycles. The second-order valence-electron chi connectivity index (χ2n) is 3.43. The van der Waals surface area contributed by atoms with E-state index in [-0.39, 0.29) is 5.56 Å². The third-order valence-electron chi connectivity index (χ3n) is 2.39. The van der Waals surface area contributed by atoms with Crippen LogP contribution in [0.1, 0.15) is 24.2 Å². The highest BCUT2D eigenvalue weighted by Crippen LogP contribution is 2.22. The van der Waals surface area contributed by atoms with E-state index < -0.39 is 11.9 Å². The number of aliphatic hydroxyl groups excluding tert-OH is 1. The highest BCUT2D eigenvalue weighted by molar-refractivity contribution is 5.26. The maximum atomic E-state index is 13.4. The minimum Gasteiger partial charge on any atom is -0.383 e. The molecule has 0 radical (unpaired) electrons. The van der Waals surface area contributed by atoms with E-state index in [1.165, 1.54) is 18.5 Å². The third kappa shape index (κ3) is 1.94. The number of hydrogen-bond acceptors (Lipinski definition) is 3. The van der Waals surface area contributed by atoms with Gasteiger partial charge in [0.05, 0.1) is 12.4 Å². The van der Waals surface area contributed by atoms with Crippen molar-refractivity contribution in [3.05, 3.63) is 47.8 Å². The van der Waals surface area contributed by atoms with E-state index in [1.807, 2.05) is 6.92 Å². The lowest BCUT2D eigenvalue weighted by molar-refractivity contribution is 0.214. The van der Waals surface area contributed by atoms with Gasteiger partial charge in [0, 0.05) is 30.1 Å². The number of rotatable bonds is 3. The van der Waals surface area contributed by atoms with Crippen molar-refractivity contribution in [2.45, 2.75) is 19.6 Å². The fourth-order valence-corrected chi connectivity index (χ4v) is 1.48. The van der Waals surface area contributed by atoms with Gasteiger partial charge < -0.3 is 5.11 Å². The Balaban J connectivity index is 2.31. The number of nitrogens with zero attached hydrogens (tertiary/aromatic N) is 3. The molecule has 0 aliphatic rings. The van der Waals surface area contributed by atoms with E-state index >= 15 is 0 Å². The topological polar surface area (TPSA) is 50.9 Å². The summed E-state index contributed by atoms with van der Waals surface area (Å²) in [6.45, 7) is 2.65. The summed E-state index contributed by atoms with van der Waals surface area (Å²) in [5.41, 5.74) is 0.789. The van der Waals surface area contributed by atoms with Crippen LogP contribution in [0.25, 0.3) is 0 Å². The molecular weight excluding hydrogens is 209 g/mol. The van der Waals surface area contributed by atoms with Crippen molar-refractivity contribution >= 4 is 0 Å². The molecule has 1 N–H and O–H groups in total. The molecule has 4 nitrogen and oxygen atoms in total. The van der Waals surface area contributed by atoms with Gasteiger partial charge in [0.2, 0.25) is 0 Å². The highest BCUT2D eigenvalue weighted by atomic mass is 19.1. The van der Waals surface area contributed by atoms with E-state index in [1.54, 1.807) is 10.9 Å². The molecule has 16 heavy (non-hydrogen) atoms. The Morgan fingerprint density at radius 3 is 2.94 bits per heavy atom. The van der Waals surface area contributed by atoms with Crippen LogP contribution in [0, 0.1) is 5.82 Å². The van der Waals surface area contributed by atoms with E-state index in [0.717, 1.165) is 6.20 Å². The zero-order chi connectivity index (χ0) is 11.5. The number of pyridine rings is 1. The van der Waals surface area contributed by atoms with Gasteiger partial charge in [-0.15, -0.1) is 0 Å². The summed E-state index contributed by atoms with van der Waals surface area (Å²) in [6, 6.07) is 1.46. The van der Waals surface area contributed by atoms with Gasteiger partial charge in [-0.3, -0.25) is 9.67 Å². The maximum Gasteiger partial charge on any atom is 0.147 e. The molecule has 0 saturated carbocycles. The van der Waals surface area contributed by atoms with E-state index in [0.29, 0.717) is 12.1 Å². The average molecular weight is 221 g/mol. The molecule has 0 aliphatic heterocycles. The van der Waals surface area contributed by atoms with Crippen molar-refractivity contribution in [3.63, 3.8) is 0 Å². The van der Waals surface area contributed by atoms with Crippen molar-refractivity contribution in [3.8, 4) is 0 Å². The van der Waals surface area contributed by atoms with Crippen LogP contribution in [0.5, 0.6) is 0 Å². The van der Waals surface area contributed by atoms with Crippen LogP contribution in [-0.2, 0) is 6.54 Å². The van der Waals surface area contributed by atoms with E-state index in [9.17, 15) is 9.50 Å². The Morgan fingerprint density at radius 1 is 1.50 bits per heavy atom. The lowest BCUT2D eigenvalue weighted by Crippen LogP contribution is -2.02. The van der Waals surface area contributed by atoms with Crippen molar-refractivity contribution in [1.29, 1.82) is 0 Å². The molecule has 1 unspecified atom stereocenters. The van der Waals surface area contributed by atoms with Crippen molar-refractivity contribution in [1.82, 2.24) is 14.8 Å². The molecular formula is C11H12FN3O. The molecule has 0 spiro atoms. The van der Waals surface area contributed by atoms with Gasteiger partial charge in [-0.05, 0) is 13.0 Å². The molecule has 0 aliphatic carbocycles. The van der Waals surface area contributed by atoms with E-state index in [4.69, 9.17) is 0 Å². The first-order valence-corrected chi connectivity index (χ1v) is 5.02. The molecule has 84 valence electrons. The summed E-state index contributed by atoms with van der Waals surface area (Å²) in [5.74, 6) is -0.515. The van der Waals surface area contributed by atoms with Crippen LogP contribution in [0.4, 0.5) is 4.39 Å². The fraction of sp³-hybridized carbons (Fsp3) is 0.273. The predicted octanol–water partition coefficient (Wildman–Crippen LogP) is 1.52. The molecule has 0 saturated heterocycles. The summed E-state index contributed by atoms with van der Waals surface area (Å²) < 4.78 is 15.0. The van der Waals surface area contributed by atoms with Crippen LogP contribution in [-0.4, -0.2) is 19.9 Å². The zero-order valence-corrected chi connectivity index (χ0v) is 8.84. The largest absolute Gasteiger partial charge is 0.383 e. The second kappa shape index (κ2) is 4.40. The quantitative estimate of drug-likeness (QED) is 0.854. The number of hydrogen-bond donors (Lipinski definition) is 1. The van der Waals surface area contributed by atoms with Gasteiger partial charge in [-0.1, -0.05) is 0 Å². The first-order chi connectivity index (χ1) is 7.72. The van der Waals surface area contributed by atoms with Gasteiger partial charge >= 0.3 is 0 Å². The molecule has 2 aromatic heterocycles. The van der Waals surface area contributed by atoms with E-state index in [2.05, 4.69) is 10.1 Å². The zero-order valence-electron chi connectivity index (χ0n) is 8.84. The van der Waals surface area contributed by atoms with Gasteiger partial charge in [0.25, 0.3) is 0 Å². The first kappa shape index (κ1) is 10.8. The fourth-order valence-electron chi connectivity index (χ4n) is 1.48. The molecule has 1 atom stereocenters. The Kier molecular flexibility index (Phi) is 2.96. The Bertz CT molecular complexity index is 484. The number of aliphatic hydroxyl groups is 1. The molecule has 5 heteroatoms. The van der Waals surface area contributed by atoms with Gasteiger partial charge in [-0.2, -0.15) is 5.10 Å². The van der Waals surface area contributed by atoms with Crippen LogP contribution >= 0.6 is 0 Å². The monoisotopic (exact) mass is 221 g/mol. The van der Waals surface area contributed by atoms with Gasteiger partial charge in [0.1, 0.15) is 11.9 Å². The van der Waals surface area contributed by atoms with Crippen LogP contribution in [0.15, 0.2) is 30.9 Å². The van der Waals surface area contributed by atoms with Crippen molar-refractivity contribution in [2.24, 2.45) is 0 Å². The lowest BCUT2D eigenvalue weighted by Gasteiger charge is -2.08. The Morgan fingerprint density at radius 2 is 2.31 bits per heavy atom. The molecule has 2 rings (SSSR count). The second-order valence-corrected chi connectivity index (χ2v) is 3.43. The minimum atomic E-state index is -0.997. The summed E-state index contributed by atoms with van der Waals surface area (Å²) in [4.78, 5) is 3.64. The summed E-state index contributed by atoms with van der Waals surface area (Å²) in [7, 11) is 0. The van der Waals surface area contributed by atoms with Crippen LogP contribution < -0.4 is 0 Å². The smallest absolute Gasteiger partial charge is 0.147 e. The van der Waals surface area contributed by atoms with Gasteiger partial charge in [0.15, 0.2) is 0 Å². The SMILES string of the molecule is CCn1cc(C(O)c2ccncc2F)cn1. The summed E-state index contributed by atoms with van der Waals surface area (Å²) in [5, 5.41) is 14.0. The number of halogens is 1. The molecule has 0 fully saturated rings.